The molecule has 2 rings (SSSR count). The van der Waals surface area contributed by atoms with Crippen LogP contribution in [0.1, 0.15) is 10.4 Å². The predicted molar refractivity (Wildman–Crippen MR) is 70.1 cm³/mol. The maximum absolute atomic E-state index is 13.2. The van der Waals surface area contributed by atoms with E-state index in [0.29, 0.717) is 16.7 Å². The molecule has 0 amide bonds. The number of aldehydes is 1. The van der Waals surface area contributed by atoms with E-state index in [1.807, 2.05) is 24.3 Å². The topological polar surface area (TPSA) is 17.1 Å². The summed E-state index contributed by atoms with van der Waals surface area (Å²) in [6.07, 6.45) is 0.647. The van der Waals surface area contributed by atoms with Gasteiger partial charge in [-0.15, -0.1) is 0 Å². The van der Waals surface area contributed by atoms with Crippen LogP contribution in [0.15, 0.2) is 56.7 Å². The molecule has 0 aliphatic rings. The third kappa shape index (κ3) is 3.41. The highest BCUT2D eigenvalue weighted by molar-refractivity contribution is 9.10. The number of halogens is 2. The molecule has 4 heteroatoms. The fourth-order valence-electron chi connectivity index (χ4n) is 1.38. The van der Waals surface area contributed by atoms with E-state index in [1.165, 1.54) is 23.9 Å². The van der Waals surface area contributed by atoms with Gasteiger partial charge in [-0.3, -0.25) is 4.79 Å². The molecule has 2 aromatic rings. The van der Waals surface area contributed by atoms with Gasteiger partial charge >= 0.3 is 0 Å². The molecule has 0 N–H and O–H groups in total. The second kappa shape index (κ2) is 5.47. The van der Waals surface area contributed by atoms with Crippen LogP contribution in [-0.4, -0.2) is 6.29 Å². The average Bonchev–Trinajstić information content (AvgIpc) is 2.28. The van der Waals surface area contributed by atoms with Gasteiger partial charge in [0, 0.05) is 19.8 Å². The van der Waals surface area contributed by atoms with E-state index in [9.17, 15) is 9.18 Å². The second-order valence-electron chi connectivity index (χ2n) is 3.40. The van der Waals surface area contributed by atoms with Gasteiger partial charge in [-0.2, -0.15) is 0 Å². The number of hydrogen-bond donors (Lipinski definition) is 0. The molecule has 0 atom stereocenters. The van der Waals surface area contributed by atoms with E-state index < -0.39 is 5.82 Å². The van der Waals surface area contributed by atoms with Crippen LogP contribution < -0.4 is 0 Å². The summed E-state index contributed by atoms with van der Waals surface area (Å²) >= 11 is 4.79. The zero-order valence-electron chi connectivity index (χ0n) is 8.69. The third-order valence-electron chi connectivity index (χ3n) is 2.06. The van der Waals surface area contributed by atoms with Crippen LogP contribution in [0.5, 0.6) is 0 Å². The van der Waals surface area contributed by atoms with Gasteiger partial charge in [-0.25, -0.2) is 4.39 Å². The van der Waals surface area contributed by atoms with E-state index >= 15 is 0 Å². The van der Waals surface area contributed by atoms with E-state index in [2.05, 4.69) is 15.9 Å². The summed E-state index contributed by atoms with van der Waals surface area (Å²) < 4.78 is 14.2. The Balaban J connectivity index is 2.29. The lowest BCUT2D eigenvalue weighted by molar-refractivity contribution is 0.112. The zero-order valence-corrected chi connectivity index (χ0v) is 11.1. The Morgan fingerprint density at radius 1 is 1.12 bits per heavy atom. The van der Waals surface area contributed by atoms with Gasteiger partial charge in [-0.1, -0.05) is 33.8 Å². The summed E-state index contributed by atoms with van der Waals surface area (Å²) in [6, 6.07) is 12.0. The highest BCUT2D eigenvalue weighted by Gasteiger charge is 2.03. The van der Waals surface area contributed by atoms with E-state index in [-0.39, 0.29) is 0 Å². The summed E-state index contributed by atoms with van der Waals surface area (Å²) in [5, 5.41) is 0. The summed E-state index contributed by atoms with van der Waals surface area (Å²) in [4.78, 5) is 12.3. The fourth-order valence-corrected chi connectivity index (χ4v) is 2.90. The molecule has 0 heterocycles. The quantitative estimate of drug-likeness (QED) is 0.773. The number of carbonyl (C=O) groups is 1. The van der Waals surface area contributed by atoms with Crippen molar-refractivity contribution >= 4 is 34.0 Å². The van der Waals surface area contributed by atoms with Crippen LogP contribution in [0, 0.1) is 5.82 Å². The molecule has 0 aliphatic heterocycles. The lowest BCUT2D eigenvalue weighted by Crippen LogP contribution is -1.84. The molecule has 0 fully saturated rings. The molecule has 0 radical (unpaired) electrons. The Morgan fingerprint density at radius 3 is 2.65 bits per heavy atom. The van der Waals surface area contributed by atoms with Crippen molar-refractivity contribution in [2.75, 3.05) is 0 Å². The molecule has 0 spiro atoms. The van der Waals surface area contributed by atoms with Gasteiger partial charge in [-0.05, 0) is 36.4 Å². The number of benzene rings is 2. The smallest absolute Gasteiger partial charge is 0.150 e. The first kappa shape index (κ1) is 12.3. The summed E-state index contributed by atoms with van der Waals surface area (Å²) in [5.74, 6) is -0.396. The molecular formula is C13H8BrFOS. The van der Waals surface area contributed by atoms with Gasteiger partial charge in [0.05, 0.1) is 0 Å². The Morgan fingerprint density at radius 2 is 1.94 bits per heavy atom. The molecule has 0 saturated carbocycles. The van der Waals surface area contributed by atoms with Crippen molar-refractivity contribution in [3.05, 3.63) is 58.3 Å². The van der Waals surface area contributed by atoms with Gasteiger partial charge < -0.3 is 0 Å². The summed E-state index contributed by atoms with van der Waals surface area (Å²) in [7, 11) is 0. The van der Waals surface area contributed by atoms with Crippen LogP contribution in [0.2, 0.25) is 0 Å². The van der Waals surface area contributed by atoms with Crippen LogP contribution in [-0.2, 0) is 0 Å². The number of hydrogen-bond acceptors (Lipinski definition) is 2. The van der Waals surface area contributed by atoms with Crippen molar-refractivity contribution in [2.45, 2.75) is 9.79 Å². The van der Waals surface area contributed by atoms with Crippen LogP contribution in [0.25, 0.3) is 0 Å². The largest absolute Gasteiger partial charge is 0.298 e. The summed E-state index contributed by atoms with van der Waals surface area (Å²) in [6.45, 7) is 0. The van der Waals surface area contributed by atoms with Crippen molar-refractivity contribution in [1.82, 2.24) is 0 Å². The highest BCUT2D eigenvalue weighted by atomic mass is 79.9. The molecule has 0 unspecified atom stereocenters. The van der Waals surface area contributed by atoms with Crippen molar-refractivity contribution in [2.24, 2.45) is 0 Å². The Labute approximate surface area is 111 Å². The first-order chi connectivity index (χ1) is 8.17. The summed E-state index contributed by atoms with van der Waals surface area (Å²) in [5.41, 5.74) is 0.350. The maximum atomic E-state index is 13.2. The molecule has 0 bridgehead atoms. The Bertz CT molecular complexity index is 557. The molecule has 0 aliphatic carbocycles. The van der Waals surface area contributed by atoms with E-state index in [1.54, 1.807) is 6.07 Å². The third-order valence-corrected chi connectivity index (χ3v) is 3.52. The molecule has 0 saturated heterocycles. The van der Waals surface area contributed by atoms with Gasteiger partial charge in [0.25, 0.3) is 0 Å². The lowest BCUT2D eigenvalue weighted by atomic mass is 10.2. The van der Waals surface area contributed by atoms with Gasteiger partial charge in [0.2, 0.25) is 0 Å². The molecule has 17 heavy (non-hydrogen) atoms. The van der Waals surface area contributed by atoms with Crippen molar-refractivity contribution in [3.63, 3.8) is 0 Å². The normalized spacial score (nSPS) is 10.2. The molecule has 1 nitrogen and oxygen atoms in total. The molecule has 86 valence electrons. The minimum Gasteiger partial charge on any atom is -0.298 e. The van der Waals surface area contributed by atoms with Crippen LogP contribution >= 0.6 is 27.7 Å². The predicted octanol–water partition coefficient (Wildman–Crippen LogP) is 4.55. The maximum Gasteiger partial charge on any atom is 0.150 e. The monoisotopic (exact) mass is 310 g/mol. The zero-order chi connectivity index (χ0) is 12.3. The van der Waals surface area contributed by atoms with Crippen molar-refractivity contribution in [1.29, 1.82) is 0 Å². The molecule has 2 aromatic carbocycles. The average molecular weight is 311 g/mol. The second-order valence-corrected chi connectivity index (χ2v) is 5.46. The highest BCUT2D eigenvalue weighted by Crippen LogP contribution is 2.30. The first-order valence-corrected chi connectivity index (χ1v) is 6.47. The van der Waals surface area contributed by atoms with Crippen molar-refractivity contribution in [3.8, 4) is 0 Å². The Kier molecular flexibility index (Phi) is 3.97. The van der Waals surface area contributed by atoms with Crippen LogP contribution in [0.3, 0.4) is 0 Å². The van der Waals surface area contributed by atoms with E-state index in [0.717, 1.165) is 9.37 Å². The van der Waals surface area contributed by atoms with E-state index in [4.69, 9.17) is 0 Å². The van der Waals surface area contributed by atoms with Crippen LogP contribution in [0.4, 0.5) is 4.39 Å². The standard InChI is InChI=1S/C13H8BrFOS/c14-10-2-1-3-12(6-10)17-13-5-9(8-16)4-11(15)7-13/h1-8H. The SMILES string of the molecule is O=Cc1cc(F)cc(Sc2cccc(Br)c2)c1. The Hall–Kier alpha value is -1.13. The molecule has 0 aromatic heterocycles. The fraction of sp³-hybridized carbons (Fsp3) is 0. The van der Waals surface area contributed by atoms with Gasteiger partial charge in [0.15, 0.2) is 0 Å². The van der Waals surface area contributed by atoms with Gasteiger partial charge in [0.1, 0.15) is 12.1 Å². The minimum absolute atomic E-state index is 0.350. The molecular weight excluding hydrogens is 303 g/mol. The first-order valence-electron chi connectivity index (χ1n) is 4.86. The lowest BCUT2D eigenvalue weighted by Gasteiger charge is -2.03. The number of carbonyl (C=O) groups excluding carboxylic acids is 1. The number of rotatable bonds is 3. The minimum atomic E-state index is -0.396. The van der Waals surface area contributed by atoms with Crippen molar-refractivity contribution < 1.29 is 9.18 Å².